The SMILES string of the molecule is [2H][C@H](C(C)C)[C@]1([2H])NC(=O)[C@H](C(C)C)NC1=O. The van der Waals surface area contributed by atoms with Gasteiger partial charge in [0, 0.05) is 1.37 Å². The molecule has 0 aliphatic carbocycles. The van der Waals surface area contributed by atoms with E-state index in [0.717, 1.165) is 0 Å². The summed E-state index contributed by atoms with van der Waals surface area (Å²) in [5, 5.41) is 4.92. The van der Waals surface area contributed by atoms with Gasteiger partial charge in [-0.3, -0.25) is 9.59 Å². The fourth-order valence-corrected chi connectivity index (χ4v) is 1.47. The van der Waals surface area contributed by atoms with Gasteiger partial charge in [-0.1, -0.05) is 27.7 Å². The van der Waals surface area contributed by atoms with Crippen molar-refractivity contribution in [2.24, 2.45) is 11.8 Å². The van der Waals surface area contributed by atoms with Crippen molar-refractivity contribution in [3.05, 3.63) is 0 Å². The normalized spacial score (nSPS) is 35.7. The Bertz CT molecular complexity index is 333. The molecule has 0 aromatic heterocycles. The van der Waals surface area contributed by atoms with Crippen LogP contribution in [0.1, 0.15) is 36.8 Å². The first-order chi connectivity index (χ1) is 7.70. The summed E-state index contributed by atoms with van der Waals surface area (Å²) in [7, 11) is 0. The predicted molar refractivity (Wildman–Crippen MR) is 58.2 cm³/mol. The van der Waals surface area contributed by atoms with Crippen LogP contribution in [-0.4, -0.2) is 23.9 Å². The van der Waals surface area contributed by atoms with Crippen LogP contribution >= 0.6 is 0 Å². The Morgan fingerprint density at radius 1 is 1.27 bits per heavy atom. The second-order valence-electron chi connectivity index (χ2n) is 4.51. The Balaban J connectivity index is 2.93. The maximum atomic E-state index is 11.9. The topological polar surface area (TPSA) is 58.2 Å². The quantitative estimate of drug-likeness (QED) is 0.725. The molecule has 0 unspecified atom stereocenters. The van der Waals surface area contributed by atoms with Crippen LogP contribution < -0.4 is 10.6 Å². The molecule has 1 saturated heterocycles. The number of rotatable bonds is 3. The highest BCUT2D eigenvalue weighted by Gasteiger charge is 2.35. The molecule has 15 heavy (non-hydrogen) atoms. The molecule has 2 N–H and O–H groups in total. The zero-order valence-corrected chi connectivity index (χ0v) is 9.63. The van der Waals surface area contributed by atoms with Crippen molar-refractivity contribution in [1.82, 2.24) is 10.6 Å². The van der Waals surface area contributed by atoms with Crippen LogP contribution in [0.25, 0.3) is 0 Å². The van der Waals surface area contributed by atoms with Crippen molar-refractivity contribution in [2.45, 2.75) is 46.2 Å². The van der Waals surface area contributed by atoms with Crippen LogP contribution in [0.3, 0.4) is 0 Å². The van der Waals surface area contributed by atoms with Gasteiger partial charge in [0.25, 0.3) is 0 Å². The minimum absolute atomic E-state index is 0.0354. The van der Waals surface area contributed by atoms with Gasteiger partial charge in [-0.05, 0) is 18.2 Å². The van der Waals surface area contributed by atoms with E-state index in [-0.39, 0.29) is 17.7 Å². The molecular weight excluding hydrogens is 192 g/mol. The fraction of sp³-hybridized carbons (Fsp3) is 0.818. The second kappa shape index (κ2) is 4.64. The van der Waals surface area contributed by atoms with Gasteiger partial charge in [0.2, 0.25) is 11.8 Å². The molecule has 0 spiro atoms. The Morgan fingerprint density at radius 2 is 1.87 bits per heavy atom. The molecule has 1 heterocycles. The average Bonchev–Trinajstić information content (AvgIpc) is 2.21. The minimum atomic E-state index is -1.88. The maximum Gasteiger partial charge on any atom is 0.243 e. The summed E-state index contributed by atoms with van der Waals surface area (Å²) in [6.45, 7) is 7.15. The summed E-state index contributed by atoms with van der Waals surface area (Å²) < 4.78 is 15.8. The lowest BCUT2D eigenvalue weighted by Gasteiger charge is -2.32. The number of amides is 2. The van der Waals surface area contributed by atoms with Crippen molar-refractivity contribution >= 4 is 11.8 Å². The number of carbonyl (C=O) groups excluding carboxylic acids is 2. The Morgan fingerprint density at radius 3 is 2.33 bits per heavy atom. The van der Waals surface area contributed by atoms with Crippen LogP contribution in [0, 0.1) is 11.8 Å². The lowest BCUT2D eigenvalue weighted by atomic mass is 9.96. The number of nitrogens with one attached hydrogen (secondary N) is 2. The molecule has 1 aliphatic heterocycles. The molecule has 0 aromatic rings. The van der Waals surface area contributed by atoms with Crippen molar-refractivity contribution in [1.29, 1.82) is 0 Å². The molecule has 2 amide bonds. The first kappa shape index (κ1) is 9.19. The summed E-state index contributed by atoms with van der Waals surface area (Å²) in [5.74, 6) is -1.20. The third kappa shape index (κ3) is 2.94. The highest BCUT2D eigenvalue weighted by Crippen LogP contribution is 2.12. The standard InChI is InChI=1S/C11H20N2O2/c1-6(2)5-8-10(14)13-9(7(3)4)11(15)12-8/h6-9H,5H2,1-4H3,(H,12,15)(H,13,14)/t8-,9-/m0/s1/i5D,8D/t5-,8+,9+/m1. The zero-order valence-electron chi connectivity index (χ0n) is 11.6. The third-order valence-corrected chi connectivity index (χ3v) is 2.24. The van der Waals surface area contributed by atoms with Crippen LogP contribution in [-0.2, 0) is 9.59 Å². The Hall–Kier alpha value is -1.06. The van der Waals surface area contributed by atoms with E-state index in [1.807, 2.05) is 13.8 Å². The molecular formula is C11H20N2O2. The molecule has 1 fully saturated rings. The molecule has 0 radical (unpaired) electrons. The third-order valence-electron chi connectivity index (χ3n) is 2.24. The Labute approximate surface area is 93.6 Å². The van der Waals surface area contributed by atoms with E-state index in [9.17, 15) is 9.59 Å². The molecule has 1 aliphatic rings. The molecule has 0 saturated carbocycles. The largest absolute Gasteiger partial charge is 0.343 e. The molecule has 3 atom stereocenters. The number of piperazine rings is 1. The van der Waals surface area contributed by atoms with E-state index in [0.29, 0.717) is 0 Å². The van der Waals surface area contributed by atoms with Crippen molar-refractivity contribution in [3.63, 3.8) is 0 Å². The van der Waals surface area contributed by atoms with Crippen molar-refractivity contribution in [2.75, 3.05) is 0 Å². The molecule has 4 heteroatoms. The van der Waals surface area contributed by atoms with Crippen LogP contribution in [0.2, 0.25) is 0 Å². The van der Waals surface area contributed by atoms with Crippen molar-refractivity contribution in [3.8, 4) is 0 Å². The molecule has 0 aromatic carbocycles. The monoisotopic (exact) mass is 214 g/mol. The van der Waals surface area contributed by atoms with E-state index in [2.05, 4.69) is 10.6 Å². The predicted octanol–water partition coefficient (Wildman–Crippen LogP) is 0.672. The fourth-order valence-electron chi connectivity index (χ4n) is 1.47. The number of hydrogen-bond acceptors (Lipinski definition) is 2. The van der Waals surface area contributed by atoms with Gasteiger partial charge in [0.05, 0.1) is 1.37 Å². The summed E-state index contributed by atoms with van der Waals surface area (Å²) >= 11 is 0. The van der Waals surface area contributed by atoms with Gasteiger partial charge in [0.1, 0.15) is 12.1 Å². The summed E-state index contributed by atoms with van der Waals surface area (Å²) in [4.78, 5) is 23.7. The van der Waals surface area contributed by atoms with E-state index in [1.54, 1.807) is 13.8 Å². The van der Waals surface area contributed by atoms with Gasteiger partial charge in [-0.15, -0.1) is 0 Å². The molecule has 4 nitrogen and oxygen atoms in total. The van der Waals surface area contributed by atoms with Gasteiger partial charge >= 0.3 is 0 Å². The van der Waals surface area contributed by atoms with E-state index < -0.39 is 24.4 Å². The highest BCUT2D eigenvalue weighted by molar-refractivity contribution is 5.97. The summed E-state index contributed by atoms with van der Waals surface area (Å²) in [6.07, 6.45) is -0.987. The first-order valence-corrected chi connectivity index (χ1v) is 5.25. The lowest BCUT2D eigenvalue weighted by molar-refractivity contribution is -0.138. The molecule has 86 valence electrons. The number of carbonyl (C=O) groups is 2. The van der Waals surface area contributed by atoms with Crippen LogP contribution in [0.15, 0.2) is 0 Å². The summed E-state index contributed by atoms with van der Waals surface area (Å²) in [5.41, 5.74) is 0. The van der Waals surface area contributed by atoms with Gasteiger partial charge in [0.15, 0.2) is 0 Å². The van der Waals surface area contributed by atoms with Crippen LogP contribution in [0.4, 0.5) is 0 Å². The van der Waals surface area contributed by atoms with Gasteiger partial charge < -0.3 is 10.6 Å². The van der Waals surface area contributed by atoms with Crippen molar-refractivity contribution < 1.29 is 12.3 Å². The molecule has 1 rings (SSSR count). The first-order valence-electron chi connectivity index (χ1n) is 6.33. The van der Waals surface area contributed by atoms with Crippen LogP contribution in [0.5, 0.6) is 0 Å². The minimum Gasteiger partial charge on any atom is -0.343 e. The summed E-state index contributed by atoms with van der Waals surface area (Å²) in [6, 6.07) is -2.49. The van der Waals surface area contributed by atoms with Gasteiger partial charge in [-0.2, -0.15) is 0 Å². The lowest BCUT2D eigenvalue weighted by Crippen LogP contribution is -2.63. The van der Waals surface area contributed by atoms with E-state index in [1.165, 1.54) is 0 Å². The second-order valence-corrected chi connectivity index (χ2v) is 4.51. The van der Waals surface area contributed by atoms with Gasteiger partial charge in [-0.25, -0.2) is 0 Å². The van der Waals surface area contributed by atoms with E-state index >= 15 is 0 Å². The number of hydrogen-bond donors (Lipinski definition) is 2. The van der Waals surface area contributed by atoms with E-state index in [4.69, 9.17) is 2.74 Å². The smallest absolute Gasteiger partial charge is 0.243 e. The maximum absolute atomic E-state index is 11.9. The Kier molecular flexibility index (Phi) is 2.84. The highest BCUT2D eigenvalue weighted by atomic mass is 16.2. The average molecular weight is 214 g/mol. The molecule has 0 bridgehead atoms. The zero-order chi connectivity index (χ0) is 13.4.